The highest BCUT2D eigenvalue weighted by molar-refractivity contribution is 5.70. The minimum atomic E-state index is -1.57. The second-order valence-corrected chi connectivity index (χ2v) is 0.942. The van der Waals surface area contributed by atoms with Crippen LogP contribution in [-0.4, -0.2) is 17.4 Å². The Morgan fingerprint density at radius 2 is 1.88 bits per heavy atom. The van der Waals surface area contributed by atoms with Gasteiger partial charge in [-0.1, -0.05) is 0 Å². The molecular formula is C2H6N2O4. The van der Waals surface area contributed by atoms with Crippen LogP contribution in [0, 0.1) is 0 Å². The molecule has 0 aliphatic heterocycles. The van der Waals surface area contributed by atoms with E-state index >= 15 is 0 Å². The van der Waals surface area contributed by atoms with Gasteiger partial charge in [-0.05, 0) is 0 Å². The summed E-state index contributed by atoms with van der Waals surface area (Å²) in [5, 5.41) is 7.96. The van der Waals surface area contributed by atoms with Crippen LogP contribution in [0.1, 0.15) is 0 Å². The van der Waals surface area contributed by atoms with Crippen molar-refractivity contribution in [3.63, 3.8) is 0 Å². The molecule has 0 aromatic heterocycles. The molecule has 0 atom stereocenters. The average Bonchev–Trinajstić information content (AvgIpc) is 1.69. The Bertz CT molecular complexity index is 80.1. The first-order valence-electron chi connectivity index (χ1n) is 1.66. The molecule has 0 bridgehead atoms. The Labute approximate surface area is 44.9 Å². The molecule has 0 aliphatic carbocycles. The zero-order valence-corrected chi connectivity index (χ0v) is 3.90. The third-order valence-corrected chi connectivity index (χ3v) is 0.449. The minimum Gasteiger partial charge on any atom is -0.477 e. The van der Waals surface area contributed by atoms with E-state index in [4.69, 9.17) is 5.11 Å². The van der Waals surface area contributed by atoms with E-state index in [1.54, 1.807) is 0 Å². The lowest BCUT2D eigenvalue weighted by molar-refractivity contribution is -0.191. The SMILES string of the molecule is NOC(ON)C(=O)O. The number of aliphatic carboxylic acids is 1. The van der Waals surface area contributed by atoms with Crippen LogP contribution >= 0.6 is 0 Å². The minimum absolute atomic E-state index is 1.37. The standard InChI is InChI=1S/C2H6N2O4/c3-7-2(8-4)1(5)6/h2H,3-4H2,(H,5,6). The molecule has 5 N–H and O–H groups in total. The van der Waals surface area contributed by atoms with Crippen molar-refractivity contribution in [3.05, 3.63) is 0 Å². The predicted octanol–water partition coefficient (Wildman–Crippen LogP) is -1.82. The summed E-state index contributed by atoms with van der Waals surface area (Å²) in [5.74, 6) is 7.43. The van der Waals surface area contributed by atoms with Gasteiger partial charge in [0, 0.05) is 0 Å². The van der Waals surface area contributed by atoms with Gasteiger partial charge in [0.1, 0.15) is 0 Å². The highest BCUT2D eigenvalue weighted by atomic mass is 16.8. The molecule has 0 rings (SSSR count). The second-order valence-electron chi connectivity index (χ2n) is 0.942. The van der Waals surface area contributed by atoms with E-state index < -0.39 is 12.3 Å². The highest BCUT2D eigenvalue weighted by Gasteiger charge is 2.15. The van der Waals surface area contributed by atoms with E-state index in [1.165, 1.54) is 0 Å². The molecule has 0 saturated heterocycles. The van der Waals surface area contributed by atoms with Crippen molar-refractivity contribution in [2.45, 2.75) is 6.29 Å². The first kappa shape index (κ1) is 7.31. The van der Waals surface area contributed by atoms with Gasteiger partial charge in [-0.3, -0.25) is 9.68 Å². The average molecular weight is 122 g/mol. The molecule has 0 aliphatic rings. The van der Waals surface area contributed by atoms with Crippen LogP contribution in [0.3, 0.4) is 0 Å². The maximum Gasteiger partial charge on any atom is 0.364 e. The van der Waals surface area contributed by atoms with Gasteiger partial charge in [-0.2, -0.15) is 0 Å². The summed E-state index contributed by atoms with van der Waals surface area (Å²) in [6, 6.07) is 0. The summed E-state index contributed by atoms with van der Waals surface area (Å²) in [4.78, 5) is 17.2. The van der Waals surface area contributed by atoms with E-state index in [-0.39, 0.29) is 0 Å². The summed E-state index contributed by atoms with van der Waals surface area (Å²) >= 11 is 0. The zero-order chi connectivity index (χ0) is 6.57. The summed E-state index contributed by atoms with van der Waals surface area (Å²) in [6.45, 7) is 0. The Morgan fingerprint density at radius 3 is 1.88 bits per heavy atom. The molecule has 0 fully saturated rings. The molecule has 0 radical (unpaired) electrons. The first-order chi connectivity index (χ1) is 3.72. The monoisotopic (exact) mass is 122 g/mol. The van der Waals surface area contributed by atoms with Crippen molar-refractivity contribution in [2.75, 3.05) is 0 Å². The normalized spacial score (nSPS) is 9.88. The number of hydrogen-bond acceptors (Lipinski definition) is 5. The Morgan fingerprint density at radius 1 is 1.50 bits per heavy atom. The van der Waals surface area contributed by atoms with Crippen LogP contribution < -0.4 is 11.8 Å². The molecule has 6 nitrogen and oxygen atoms in total. The number of hydrogen-bond donors (Lipinski definition) is 3. The van der Waals surface area contributed by atoms with Crippen LogP contribution in [0.5, 0.6) is 0 Å². The number of carbonyl (C=O) groups is 1. The lowest BCUT2D eigenvalue weighted by Gasteiger charge is -2.03. The van der Waals surface area contributed by atoms with E-state index in [2.05, 4.69) is 21.5 Å². The van der Waals surface area contributed by atoms with Crippen molar-refractivity contribution in [3.8, 4) is 0 Å². The molecule has 0 spiro atoms. The summed E-state index contributed by atoms with van der Waals surface area (Å²) in [5.41, 5.74) is 0. The molecule has 0 aromatic rings. The van der Waals surface area contributed by atoms with Gasteiger partial charge in [-0.15, -0.1) is 0 Å². The smallest absolute Gasteiger partial charge is 0.364 e. The predicted molar refractivity (Wildman–Crippen MR) is 22.0 cm³/mol. The quantitative estimate of drug-likeness (QED) is 0.300. The second kappa shape index (κ2) is 3.33. The van der Waals surface area contributed by atoms with Crippen LogP contribution in [0.2, 0.25) is 0 Å². The number of carboxylic acid groups (broad SMARTS) is 1. The number of carboxylic acids is 1. The molecule has 0 amide bonds. The van der Waals surface area contributed by atoms with Crippen molar-refractivity contribution in [1.82, 2.24) is 0 Å². The van der Waals surface area contributed by atoms with Gasteiger partial charge >= 0.3 is 5.97 Å². The van der Waals surface area contributed by atoms with Gasteiger partial charge in [-0.25, -0.2) is 16.6 Å². The maximum atomic E-state index is 9.75. The highest BCUT2D eigenvalue weighted by Crippen LogP contribution is 1.83. The topological polar surface area (TPSA) is 108 Å². The Kier molecular flexibility index (Phi) is 3.04. The van der Waals surface area contributed by atoms with Gasteiger partial charge in [0.05, 0.1) is 0 Å². The van der Waals surface area contributed by atoms with Gasteiger partial charge in [0.2, 0.25) is 0 Å². The molecule has 0 aromatic carbocycles. The molecule has 48 valence electrons. The fourth-order valence-corrected chi connectivity index (χ4v) is 0.148. The van der Waals surface area contributed by atoms with Crippen molar-refractivity contribution >= 4 is 5.97 Å². The summed E-state index contributed by atoms with van der Waals surface area (Å²) < 4.78 is 0. The van der Waals surface area contributed by atoms with E-state index in [0.29, 0.717) is 0 Å². The third kappa shape index (κ3) is 1.85. The lowest BCUT2D eigenvalue weighted by Crippen LogP contribution is -2.32. The summed E-state index contributed by atoms with van der Waals surface area (Å²) in [6.07, 6.45) is -1.57. The van der Waals surface area contributed by atoms with E-state index in [0.717, 1.165) is 0 Å². The first-order valence-corrected chi connectivity index (χ1v) is 1.66. The molecule has 0 unspecified atom stereocenters. The van der Waals surface area contributed by atoms with Crippen LogP contribution in [0.15, 0.2) is 0 Å². The van der Waals surface area contributed by atoms with Crippen molar-refractivity contribution < 1.29 is 19.6 Å². The fourth-order valence-electron chi connectivity index (χ4n) is 0.148. The molecular weight excluding hydrogens is 116 g/mol. The maximum absolute atomic E-state index is 9.75. The van der Waals surface area contributed by atoms with Crippen LogP contribution in [-0.2, 0) is 14.5 Å². The van der Waals surface area contributed by atoms with E-state index in [1.807, 2.05) is 0 Å². The summed E-state index contributed by atoms with van der Waals surface area (Å²) in [7, 11) is 0. The van der Waals surface area contributed by atoms with Gasteiger partial charge in [0.25, 0.3) is 6.29 Å². The lowest BCUT2D eigenvalue weighted by atomic mass is 10.7. The Hall–Kier alpha value is -0.690. The molecule has 0 saturated carbocycles. The largest absolute Gasteiger partial charge is 0.477 e. The number of rotatable bonds is 3. The van der Waals surface area contributed by atoms with E-state index in [9.17, 15) is 4.79 Å². The van der Waals surface area contributed by atoms with Crippen molar-refractivity contribution in [1.29, 1.82) is 0 Å². The fraction of sp³-hybridized carbons (Fsp3) is 0.500. The number of nitrogens with two attached hydrogens (primary N) is 2. The third-order valence-electron chi connectivity index (χ3n) is 0.449. The van der Waals surface area contributed by atoms with Crippen LogP contribution in [0.4, 0.5) is 0 Å². The van der Waals surface area contributed by atoms with Crippen LogP contribution in [0.25, 0.3) is 0 Å². The van der Waals surface area contributed by atoms with Gasteiger partial charge in [0.15, 0.2) is 0 Å². The molecule has 0 heterocycles. The van der Waals surface area contributed by atoms with Gasteiger partial charge < -0.3 is 5.11 Å². The zero-order valence-electron chi connectivity index (χ0n) is 3.90. The Balaban J connectivity index is 3.52. The molecule has 6 heteroatoms. The molecule has 8 heavy (non-hydrogen) atoms. The van der Waals surface area contributed by atoms with Crippen molar-refractivity contribution in [2.24, 2.45) is 11.8 Å².